The summed E-state index contributed by atoms with van der Waals surface area (Å²) in [5, 5.41) is 22.2. The first-order valence-electron chi connectivity index (χ1n) is 7.22. The predicted molar refractivity (Wildman–Crippen MR) is 77.8 cm³/mol. The van der Waals surface area contributed by atoms with Crippen LogP contribution in [0.1, 0.15) is 34.1 Å². The first-order chi connectivity index (χ1) is 10.1. The van der Waals surface area contributed by atoms with Crippen LogP contribution in [0, 0.1) is 5.92 Å². The minimum absolute atomic E-state index is 0.0869. The van der Waals surface area contributed by atoms with Gasteiger partial charge in [0, 0.05) is 12.6 Å². The molecule has 0 aromatic heterocycles. The van der Waals surface area contributed by atoms with Gasteiger partial charge in [0.2, 0.25) is 11.4 Å². The third-order valence-corrected chi connectivity index (χ3v) is 4.09. The quantitative estimate of drug-likeness (QED) is 0.437. The van der Waals surface area contributed by atoms with Gasteiger partial charge >= 0.3 is 5.97 Å². The summed E-state index contributed by atoms with van der Waals surface area (Å²) in [6.45, 7) is 5.70. The molecule has 3 N–H and O–H groups in total. The highest BCUT2D eigenvalue weighted by molar-refractivity contribution is 6.18. The van der Waals surface area contributed by atoms with Gasteiger partial charge in [0.25, 0.3) is 0 Å². The Morgan fingerprint density at radius 1 is 1.45 bits per heavy atom. The van der Waals surface area contributed by atoms with Crippen LogP contribution in [0.15, 0.2) is 11.8 Å². The zero-order valence-electron chi connectivity index (χ0n) is 13.3. The summed E-state index contributed by atoms with van der Waals surface area (Å²) in [6, 6.07) is 0. The van der Waals surface area contributed by atoms with Gasteiger partial charge in [-0.25, -0.2) is 0 Å². The Labute approximate surface area is 129 Å². The Morgan fingerprint density at radius 3 is 2.50 bits per heavy atom. The molecule has 3 atom stereocenters. The SMILES string of the molecule is CCC(C)C(=O)O[C@@]1(C)C(NCCO)=CC(=O)[C@]1(O)C(C)=O. The van der Waals surface area contributed by atoms with E-state index in [1.165, 1.54) is 6.92 Å². The van der Waals surface area contributed by atoms with Crippen molar-refractivity contribution in [3.8, 4) is 0 Å². The molecule has 0 saturated heterocycles. The summed E-state index contributed by atoms with van der Waals surface area (Å²) >= 11 is 0. The number of nitrogens with one attached hydrogen (secondary N) is 1. The monoisotopic (exact) mass is 313 g/mol. The molecule has 0 aromatic carbocycles. The summed E-state index contributed by atoms with van der Waals surface area (Å²) in [4.78, 5) is 36.1. The van der Waals surface area contributed by atoms with Crippen LogP contribution in [-0.4, -0.2) is 52.1 Å². The van der Waals surface area contributed by atoms with E-state index in [0.717, 1.165) is 13.0 Å². The molecule has 0 aliphatic heterocycles. The normalized spacial score (nSPS) is 29.0. The van der Waals surface area contributed by atoms with E-state index in [1.807, 2.05) is 0 Å². The summed E-state index contributed by atoms with van der Waals surface area (Å²) in [7, 11) is 0. The fourth-order valence-corrected chi connectivity index (χ4v) is 2.32. The zero-order valence-corrected chi connectivity index (χ0v) is 13.3. The van der Waals surface area contributed by atoms with E-state index in [1.54, 1.807) is 13.8 Å². The van der Waals surface area contributed by atoms with Gasteiger partial charge < -0.3 is 20.3 Å². The van der Waals surface area contributed by atoms with Crippen LogP contribution >= 0.6 is 0 Å². The first kappa shape index (κ1) is 18.3. The van der Waals surface area contributed by atoms with Crippen molar-refractivity contribution in [1.29, 1.82) is 0 Å². The van der Waals surface area contributed by atoms with Crippen molar-refractivity contribution in [2.75, 3.05) is 13.2 Å². The highest BCUT2D eigenvalue weighted by Gasteiger charge is 2.64. The molecule has 0 heterocycles. The lowest BCUT2D eigenvalue weighted by molar-refractivity contribution is -0.186. The molecule has 0 aromatic rings. The molecule has 0 saturated carbocycles. The minimum atomic E-state index is -2.46. The number of carbonyl (C=O) groups is 3. The van der Waals surface area contributed by atoms with Crippen molar-refractivity contribution in [1.82, 2.24) is 5.32 Å². The molecule has 1 aliphatic rings. The van der Waals surface area contributed by atoms with Gasteiger partial charge in [0.15, 0.2) is 11.4 Å². The molecule has 0 bridgehead atoms. The van der Waals surface area contributed by atoms with E-state index < -0.39 is 34.7 Å². The van der Waals surface area contributed by atoms with Crippen LogP contribution in [0.25, 0.3) is 0 Å². The van der Waals surface area contributed by atoms with E-state index in [-0.39, 0.29) is 18.8 Å². The van der Waals surface area contributed by atoms with Crippen LogP contribution in [0.3, 0.4) is 0 Å². The van der Waals surface area contributed by atoms with Gasteiger partial charge in [0.1, 0.15) is 0 Å². The minimum Gasteiger partial charge on any atom is -0.449 e. The second-order valence-electron chi connectivity index (χ2n) is 5.60. The molecule has 0 amide bonds. The zero-order chi connectivity index (χ0) is 17.1. The molecule has 1 aliphatic carbocycles. The van der Waals surface area contributed by atoms with Crippen molar-refractivity contribution >= 4 is 17.5 Å². The Kier molecular flexibility index (Phi) is 5.48. The van der Waals surface area contributed by atoms with Crippen LogP contribution < -0.4 is 5.32 Å². The number of carbonyl (C=O) groups excluding carboxylic acids is 3. The number of hydrogen-bond acceptors (Lipinski definition) is 7. The van der Waals surface area contributed by atoms with Gasteiger partial charge in [-0.3, -0.25) is 14.4 Å². The lowest BCUT2D eigenvalue weighted by Crippen LogP contribution is -2.62. The lowest BCUT2D eigenvalue weighted by Gasteiger charge is -2.38. The summed E-state index contributed by atoms with van der Waals surface area (Å²) in [5.74, 6) is -2.72. The van der Waals surface area contributed by atoms with Crippen molar-refractivity contribution in [2.24, 2.45) is 5.92 Å². The lowest BCUT2D eigenvalue weighted by atomic mass is 9.81. The number of aliphatic hydroxyl groups is 2. The summed E-state index contributed by atoms with van der Waals surface area (Å²) in [5.41, 5.74) is -4.21. The van der Waals surface area contributed by atoms with E-state index >= 15 is 0 Å². The van der Waals surface area contributed by atoms with Gasteiger partial charge in [-0.1, -0.05) is 13.8 Å². The highest BCUT2D eigenvalue weighted by Crippen LogP contribution is 2.40. The molecule has 0 fully saturated rings. The van der Waals surface area contributed by atoms with Gasteiger partial charge in [-0.15, -0.1) is 0 Å². The van der Waals surface area contributed by atoms with Crippen LogP contribution in [0.4, 0.5) is 0 Å². The fourth-order valence-electron chi connectivity index (χ4n) is 2.32. The molecular weight excluding hydrogens is 290 g/mol. The van der Waals surface area contributed by atoms with Crippen molar-refractivity contribution in [3.63, 3.8) is 0 Å². The number of Topliss-reactive ketones (excluding diaryl/α,β-unsaturated/α-hetero) is 1. The molecule has 0 radical (unpaired) electrons. The average molecular weight is 313 g/mol. The molecular formula is C15H23NO6. The van der Waals surface area contributed by atoms with E-state index in [2.05, 4.69) is 5.32 Å². The van der Waals surface area contributed by atoms with Crippen LogP contribution in [0.2, 0.25) is 0 Å². The second kappa shape index (κ2) is 6.58. The van der Waals surface area contributed by atoms with E-state index in [0.29, 0.717) is 6.42 Å². The molecule has 7 nitrogen and oxygen atoms in total. The molecule has 1 rings (SSSR count). The molecule has 0 spiro atoms. The van der Waals surface area contributed by atoms with Crippen LogP contribution in [-0.2, 0) is 19.1 Å². The smallest absolute Gasteiger partial charge is 0.309 e. The standard InChI is InChI=1S/C15H23NO6/c1-5-9(2)13(20)22-14(4)11(16-6-7-17)8-12(19)15(14,21)10(3)18/h8-9,16-17,21H,5-7H2,1-4H3/t9?,14-,15+/m0/s1. The molecule has 7 heteroatoms. The van der Waals surface area contributed by atoms with Crippen LogP contribution in [0.5, 0.6) is 0 Å². The van der Waals surface area contributed by atoms with Gasteiger partial charge in [0.05, 0.1) is 18.2 Å². The first-order valence-corrected chi connectivity index (χ1v) is 7.22. The number of ether oxygens (including phenoxy) is 1. The topological polar surface area (TPSA) is 113 Å². The number of rotatable bonds is 7. The van der Waals surface area contributed by atoms with Crippen molar-refractivity contribution in [2.45, 2.75) is 45.3 Å². The Balaban J connectivity index is 3.25. The largest absolute Gasteiger partial charge is 0.449 e. The number of esters is 1. The summed E-state index contributed by atoms with van der Waals surface area (Å²) in [6.07, 6.45) is 1.56. The molecule has 124 valence electrons. The maximum absolute atomic E-state index is 12.1. The average Bonchev–Trinajstić information content (AvgIpc) is 2.66. The number of aliphatic hydroxyl groups excluding tert-OH is 1. The maximum atomic E-state index is 12.1. The Hall–Kier alpha value is -1.73. The fraction of sp³-hybridized carbons (Fsp3) is 0.667. The van der Waals surface area contributed by atoms with E-state index in [9.17, 15) is 19.5 Å². The third-order valence-electron chi connectivity index (χ3n) is 4.09. The second-order valence-corrected chi connectivity index (χ2v) is 5.60. The highest BCUT2D eigenvalue weighted by atomic mass is 16.6. The Morgan fingerprint density at radius 2 is 2.05 bits per heavy atom. The van der Waals surface area contributed by atoms with E-state index in [4.69, 9.17) is 9.84 Å². The molecule has 22 heavy (non-hydrogen) atoms. The number of hydrogen-bond donors (Lipinski definition) is 3. The maximum Gasteiger partial charge on any atom is 0.309 e. The summed E-state index contributed by atoms with van der Waals surface area (Å²) < 4.78 is 5.37. The predicted octanol–water partition coefficient (Wildman–Crippen LogP) is -0.297. The third kappa shape index (κ3) is 2.78. The number of ketones is 2. The Bertz CT molecular complexity index is 514. The van der Waals surface area contributed by atoms with Crippen molar-refractivity contribution in [3.05, 3.63) is 11.8 Å². The van der Waals surface area contributed by atoms with Crippen molar-refractivity contribution < 1.29 is 29.3 Å². The molecule has 1 unspecified atom stereocenters. The van der Waals surface area contributed by atoms with Gasteiger partial charge in [-0.2, -0.15) is 0 Å². The van der Waals surface area contributed by atoms with Gasteiger partial charge in [-0.05, 0) is 20.3 Å².